The summed E-state index contributed by atoms with van der Waals surface area (Å²) in [7, 11) is 0. The number of rotatable bonds is 9. The smallest absolute Gasteiger partial charge is 0.260 e. The Morgan fingerprint density at radius 1 is 1.00 bits per heavy atom. The van der Waals surface area contributed by atoms with Gasteiger partial charge in [-0.2, -0.15) is 0 Å². The van der Waals surface area contributed by atoms with Crippen molar-refractivity contribution in [3.05, 3.63) is 92.8 Å². The molecular formula is C27H27BrN2O3S. The molecule has 0 aliphatic carbocycles. The van der Waals surface area contributed by atoms with Crippen molar-refractivity contribution < 1.29 is 14.3 Å². The zero-order chi connectivity index (χ0) is 23.9. The van der Waals surface area contributed by atoms with Crippen molar-refractivity contribution in [1.29, 1.82) is 0 Å². The molecule has 34 heavy (non-hydrogen) atoms. The highest BCUT2D eigenvalue weighted by Gasteiger charge is 2.27. The lowest BCUT2D eigenvalue weighted by atomic mass is 10.1. The van der Waals surface area contributed by atoms with Crippen molar-refractivity contribution in [3.8, 4) is 11.5 Å². The number of hydrogen-bond donors (Lipinski definition) is 2. The van der Waals surface area contributed by atoms with E-state index >= 15 is 0 Å². The van der Waals surface area contributed by atoms with Gasteiger partial charge in [0.25, 0.3) is 5.91 Å². The van der Waals surface area contributed by atoms with E-state index in [1.165, 1.54) is 17.3 Å². The van der Waals surface area contributed by atoms with Crippen LogP contribution in [0.25, 0.3) is 6.08 Å². The number of carbonyl (C=O) groups is 1. The second kappa shape index (κ2) is 11.5. The summed E-state index contributed by atoms with van der Waals surface area (Å²) in [6.45, 7) is 5.02. The molecule has 0 saturated carbocycles. The van der Waals surface area contributed by atoms with Crippen LogP contribution in [0.5, 0.6) is 11.5 Å². The Morgan fingerprint density at radius 3 is 2.44 bits per heavy atom. The summed E-state index contributed by atoms with van der Waals surface area (Å²) in [6.07, 6.45) is 2.87. The largest absolute Gasteiger partial charge is 0.490 e. The van der Waals surface area contributed by atoms with Crippen molar-refractivity contribution in [2.75, 3.05) is 11.9 Å². The van der Waals surface area contributed by atoms with Gasteiger partial charge in [0.1, 0.15) is 6.61 Å². The van der Waals surface area contributed by atoms with Crippen LogP contribution in [0.1, 0.15) is 30.5 Å². The lowest BCUT2D eigenvalue weighted by Crippen LogP contribution is -2.30. The minimum absolute atomic E-state index is 0.109. The van der Waals surface area contributed by atoms with Crippen molar-refractivity contribution in [3.63, 3.8) is 0 Å². The quantitative estimate of drug-likeness (QED) is 0.301. The van der Waals surface area contributed by atoms with Crippen LogP contribution in [-0.2, 0) is 17.8 Å². The third-order valence-electron chi connectivity index (χ3n) is 5.28. The van der Waals surface area contributed by atoms with Crippen LogP contribution in [0.4, 0.5) is 5.69 Å². The Bertz CT molecular complexity index is 1170. The number of aryl methyl sites for hydroxylation is 1. The van der Waals surface area contributed by atoms with Crippen molar-refractivity contribution in [2.45, 2.75) is 32.4 Å². The van der Waals surface area contributed by atoms with Crippen LogP contribution in [0.2, 0.25) is 0 Å². The molecule has 4 rings (SSSR count). The van der Waals surface area contributed by atoms with Crippen LogP contribution in [-0.4, -0.2) is 18.0 Å². The van der Waals surface area contributed by atoms with Gasteiger partial charge in [0, 0.05) is 10.2 Å². The van der Waals surface area contributed by atoms with Crippen molar-refractivity contribution in [1.82, 2.24) is 5.32 Å². The van der Waals surface area contributed by atoms with E-state index in [9.17, 15) is 4.79 Å². The summed E-state index contributed by atoms with van der Waals surface area (Å²) in [4.78, 5) is 13.2. The fourth-order valence-electron chi connectivity index (χ4n) is 3.47. The molecule has 1 aliphatic rings. The SMILES string of the molecule is CCOc1cc(/C=C2\S[C@H](Nc3ccc(CC)cc3)NC2=O)c(Br)cc1OCc1ccccc1. The first-order valence-corrected chi connectivity index (χ1v) is 12.9. The first kappa shape index (κ1) is 24.2. The van der Waals surface area contributed by atoms with Crippen LogP contribution in [0.3, 0.4) is 0 Å². The number of hydrogen-bond acceptors (Lipinski definition) is 5. The maximum absolute atomic E-state index is 12.6. The van der Waals surface area contributed by atoms with Gasteiger partial charge in [0.2, 0.25) is 0 Å². The average molecular weight is 539 g/mol. The highest BCUT2D eigenvalue weighted by molar-refractivity contribution is 9.10. The van der Waals surface area contributed by atoms with Crippen LogP contribution in [0, 0.1) is 0 Å². The second-order valence-corrected chi connectivity index (χ2v) is 9.70. The van der Waals surface area contributed by atoms with E-state index in [2.05, 4.69) is 45.6 Å². The Labute approximate surface area is 213 Å². The number of amides is 1. The molecule has 0 unspecified atom stereocenters. The molecule has 0 aromatic heterocycles. The molecule has 0 bridgehead atoms. The van der Waals surface area contributed by atoms with E-state index < -0.39 is 0 Å². The van der Waals surface area contributed by atoms with Crippen LogP contribution in [0.15, 0.2) is 76.1 Å². The van der Waals surface area contributed by atoms with Gasteiger partial charge in [0.05, 0.1) is 11.5 Å². The Hall–Kier alpha value is -2.90. The molecule has 3 aromatic carbocycles. The van der Waals surface area contributed by atoms with Gasteiger partial charge in [-0.1, -0.05) is 77.1 Å². The summed E-state index contributed by atoms with van der Waals surface area (Å²) < 4.78 is 12.7. The van der Waals surface area contributed by atoms with E-state index in [0.29, 0.717) is 29.6 Å². The minimum Gasteiger partial charge on any atom is -0.490 e. The minimum atomic E-state index is -0.232. The maximum atomic E-state index is 12.6. The normalized spacial score (nSPS) is 16.4. The van der Waals surface area contributed by atoms with E-state index in [1.807, 2.05) is 67.6 Å². The highest BCUT2D eigenvalue weighted by Crippen LogP contribution is 2.38. The summed E-state index contributed by atoms with van der Waals surface area (Å²) in [5.41, 5.74) is 3.94. The molecule has 1 saturated heterocycles. The fraction of sp³-hybridized carbons (Fsp3) is 0.222. The molecule has 7 heteroatoms. The predicted molar refractivity (Wildman–Crippen MR) is 143 cm³/mol. The molecule has 0 radical (unpaired) electrons. The van der Waals surface area contributed by atoms with Gasteiger partial charge in [-0.15, -0.1) is 0 Å². The lowest BCUT2D eigenvalue weighted by molar-refractivity contribution is -0.116. The molecule has 176 valence electrons. The monoisotopic (exact) mass is 538 g/mol. The summed E-state index contributed by atoms with van der Waals surface area (Å²) in [5, 5.41) is 6.34. The van der Waals surface area contributed by atoms with Crippen LogP contribution < -0.4 is 20.1 Å². The van der Waals surface area contributed by atoms with E-state index in [1.54, 1.807) is 0 Å². The Balaban J connectivity index is 1.49. The number of nitrogens with one attached hydrogen (secondary N) is 2. The molecule has 1 heterocycles. The summed E-state index contributed by atoms with van der Waals surface area (Å²) in [6, 6.07) is 22.0. The third-order valence-corrected chi connectivity index (χ3v) is 6.99. The molecule has 1 amide bonds. The van der Waals surface area contributed by atoms with E-state index in [-0.39, 0.29) is 11.4 Å². The number of ether oxygens (including phenoxy) is 2. The molecule has 1 aliphatic heterocycles. The zero-order valence-electron chi connectivity index (χ0n) is 19.1. The Morgan fingerprint density at radius 2 is 1.74 bits per heavy atom. The topological polar surface area (TPSA) is 59.6 Å². The number of carbonyl (C=O) groups excluding carboxylic acids is 1. The van der Waals surface area contributed by atoms with Crippen molar-refractivity contribution >= 4 is 45.4 Å². The van der Waals surface area contributed by atoms with Gasteiger partial charge in [-0.05, 0) is 60.4 Å². The third kappa shape index (κ3) is 6.15. The molecule has 1 fully saturated rings. The van der Waals surface area contributed by atoms with Gasteiger partial charge >= 0.3 is 0 Å². The van der Waals surface area contributed by atoms with E-state index in [4.69, 9.17) is 9.47 Å². The Kier molecular flexibility index (Phi) is 8.19. The zero-order valence-corrected chi connectivity index (χ0v) is 21.5. The molecule has 5 nitrogen and oxygen atoms in total. The molecular weight excluding hydrogens is 512 g/mol. The number of halogens is 1. The first-order valence-electron chi connectivity index (χ1n) is 11.2. The molecule has 3 aromatic rings. The van der Waals surface area contributed by atoms with Gasteiger partial charge in [0.15, 0.2) is 17.0 Å². The summed E-state index contributed by atoms with van der Waals surface area (Å²) >= 11 is 5.09. The molecule has 1 atom stereocenters. The number of benzene rings is 3. The van der Waals surface area contributed by atoms with Gasteiger partial charge < -0.3 is 20.1 Å². The average Bonchev–Trinajstić information content (AvgIpc) is 3.19. The van der Waals surface area contributed by atoms with Crippen LogP contribution >= 0.6 is 27.7 Å². The maximum Gasteiger partial charge on any atom is 0.260 e. The molecule has 0 spiro atoms. The van der Waals surface area contributed by atoms with E-state index in [0.717, 1.165) is 27.7 Å². The highest BCUT2D eigenvalue weighted by atomic mass is 79.9. The predicted octanol–water partition coefficient (Wildman–Crippen LogP) is 6.59. The van der Waals surface area contributed by atoms with Crippen molar-refractivity contribution in [2.24, 2.45) is 0 Å². The number of thioether (sulfide) groups is 1. The number of anilines is 1. The second-order valence-electron chi connectivity index (χ2n) is 7.70. The lowest BCUT2D eigenvalue weighted by Gasteiger charge is -2.14. The first-order chi connectivity index (χ1) is 16.6. The van der Waals surface area contributed by atoms with Gasteiger partial charge in [-0.25, -0.2) is 0 Å². The van der Waals surface area contributed by atoms with Gasteiger partial charge in [-0.3, -0.25) is 4.79 Å². The fourth-order valence-corrected chi connectivity index (χ4v) is 4.89. The standard InChI is InChI=1S/C27H27BrN2O3S/c1-3-18-10-12-21(13-11-18)29-27-30-26(31)25(34-27)15-20-14-23(32-4-2)24(16-22(20)28)33-17-19-8-6-5-7-9-19/h5-16,27,29H,3-4,17H2,1-2H3,(H,30,31)/b25-15-/t27-/m1/s1. The summed E-state index contributed by atoms with van der Waals surface area (Å²) in [5.74, 6) is 1.18. The molecule has 2 N–H and O–H groups in total.